The molecule has 1 fully saturated rings. The van der Waals surface area contributed by atoms with Crippen molar-refractivity contribution in [3.05, 3.63) is 29.2 Å². The zero-order valence-electron chi connectivity index (χ0n) is 16.4. The number of carbonyl (C=O) groups is 2. The molecule has 9 heteroatoms. The van der Waals surface area contributed by atoms with Gasteiger partial charge in [0.1, 0.15) is 5.82 Å². The number of pyridine rings is 1. The van der Waals surface area contributed by atoms with Crippen LogP contribution in [0.3, 0.4) is 0 Å². The molecule has 2 aromatic heterocycles. The average molecular weight is 418 g/mol. The number of nitrogens with one attached hydrogen (secondary N) is 2. The first kappa shape index (κ1) is 19.7. The highest BCUT2D eigenvalue weighted by atomic mass is 35.5. The molecule has 2 atom stereocenters. The molecule has 1 aliphatic heterocycles. The van der Waals surface area contributed by atoms with Crippen LogP contribution < -0.4 is 10.6 Å². The summed E-state index contributed by atoms with van der Waals surface area (Å²) in [4.78, 5) is 27.7. The SMILES string of the molecule is CC1(C)Cc2c(-c3cc(NC(=O)[C@H]4CC[C@@H](NC(=O)O)C4)ncc3Cl)cnn2C1. The van der Waals surface area contributed by atoms with E-state index >= 15 is 0 Å². The van der Waals surface area contributed by atoms with Crippen molar-refractivity contribution in [1.29, 1.82) is 0 Å². The molecule has 2 aromatic rings. The number of hydrogen-bond acceptors (Lipinski definition) is 4. The van der Waals surface area contributed by atoms with E-state index in [0.29, 0.717) is 30.1 Å². The summed E-state index contributed by atoms with van der Waals surface area (Å²) in [5, 5.41) is 19.1. The monoisotopic (exact) mass is 417 g/mol. The van der Waals surface area contributed by atoms with Gasteiger partial charge in [-0.15, -0.1) is 0 Å². The van der Waals surface area contributed by atoms with E-state index in [9.17, 15) is 9.59 Å². The normalized spacial score (nSPS) is 22.3. The van der Waals surface area contributed by atoms with E-state index in [0.717, 1.165) is 29.8 Å². The molecule has 0 unspecified atom stereocenters. The smallest absolute Gasteiger partial charge is 0.404 e. The zero-order chi connectivity index (χ0) is 20.8. The average Bonchev–Trinajstić information content (AvgIpc) is 3.30. The summed E-state index contributed by atoms with van der Waals surface area (Å²) in [5.41, 5.74) is 3.05. The fourth-order valence-electron chi connectivity index (χ4n) is 4.34. The molecule has 1 aliphatic carbocycles. The van der Waals surface area contributed by atoms with Crippen molar-refractivity contribution < 1.29 is 14.7 Å². The van der Waals surface area contributed by atoms with E-state index in [4.69, 9.17) is 16.7 Å². The number of hydrogen-bond donors (Lipinski definition) is 3. The Hall–Kier alpha value is -2.61. The van der Waals surface area contributed by atoms with E-state index in [-0.39, 0.29) is 23.3 Å². The van der Waals surface area contributed by atoms with E-state index in [1.165, 1.54) is 0 Å². The number of halogens is 1. The van der Waals surface area contributed by atoms with Gasteiger partial charge in [-0.3, -0.25) is 9.48 Å². The Morgan fingerprint density at radius 3 is 2.83 bits per heavy atom. The van der Waals surface area contributed by atoms with Crippen LogP contribution in [0, 0.1) is 11.3 Å². The summed E-state index contributed by atoms with van der Waals surface area (Å²) in [6.07, 6.45) is 4.99. The molecule has 8 nitrogen and oxygen atoms in total. The van der Waals surface area contributed by atoms with Crippen molar-refractivity contribution >= 4 is 29.4 Å². The zero-order valence-corrected chi connectivity index (χ0v) is 17.2. The van der Waals surface area contributed by atoms with Crippen molar-refractivity contribution in [2.24, 2.45) is 11.3 Å². The number of amides is 2. The lowest BCUT2D eigenvalue weighted by Gasteiger charge is -2.15. The minimum Gasteiger partial charge on any atom is -0.465 e. The van der Waals surface area contributed by atoms with E-state index in [1.54, 1.807) is 12.3 Å². The summed E-state index contributed by atoms with van der Waals surface area (Å²) in [5.74, 6) is 0.0389. The Balaban J connectivity index is 1.50. The van der Waals surface area contributed by atoms with Crippen LogP contribution in [0.5, 0.6) is 0 Å². The number of aromatic nitrogens is 3. The Morgan fingerprint density at radius 2 is 2.07 bits per heavy atom. The van der Waals surface area contributed by atoms with Gasteiger partial charge in [0.05, 0.1) is 11.2 Å². The van der Waals surface area contributed by atoms with Gasteiger partial charge in [0.15, 0.2) is 0 Å². The summed E-state index contributed by atoms with van der Waals surface area (Å²) in [6, 6.07) is 1.60. The van der Waals surface area contributed by atoms with Crippen LogP contribution >= 0.6 is 11.6 Å². The van der Waals surface area contributed by atoms with E-state index in [2.05, 4.69) is 34.6 Å². The first-order chi connectivity index (χ1) is 13.7. The van der Waals surface area contributed by atoms with Crippen molar-refractivity contribution in [2.45, 2.75) is 52.1 Å². The maximum Gasteiger partial charge on any atom is 0.404 e. The highest BCUT2D eigenvalue weighted by molar-refractivity contribution is 6.33. The Labute approximate surface area is 173 Å². The highest BCUT2D eigenvalue weighted by Crippen LogP contribution is 2.39. The predicted molar refractivity (Wildman–Crippen MR) is 109 cm³/mol. The van der Waals surface area contributed by atoms with Gasteiger partial charge >= 0.3 is 6.09 Å². The van der Waals surface area contributed by atoms with Gasteiger partial charge in [-0.1, -0.05) is 25.4 Å². The fourth-order valence-corrected chi connectivity index (χ4v) is 4.55. The van der Waals surface area contributed by atoms with Crippen LogP contribution in [0.25, 0.3) is 11.1 Å². The molecular weight excluding hydrogens is 394 g/mol. The summed E-state index contributed by atoms with van der Waals surface area (Å²) >= 11 is 6.42. The number of fused-ring (bicyclic) bond motifs is 1. The number of nitrogens with zero attached hydrogens (tertiary/aromatic N) is 3. The van der Waals surface area contributed by atoms with Crippen LogP contribution in [0.15, 0.2) is 18.5 Å². The lowest BCUT2D eigenvalue weighted by Crippen LogP contribution is -2.32. The quantitative estimate of drug-likeness (QED) is 0.704. The molecule has 0 spiro atoms. The maximum atomic E-state index is 12.6. The molecule has 2 amide bonds. The molecule has 1 saturated carbocycles. The first-order valence-corrected chi connectivity index (χ1v) is 10.1. The van der Waals surface area contributed by atoms with Gasteiger partial charge in [-0.2, -0.15) is 5.10 Å². The van der Waals surface area contributed by atoms with E-state index in [1.807, 2.05) is 10.9 Å². The molecule has 3 N–H and O–H groups in total. The molecule has 0 bridgehead atoms. The summed E-state index contributed by atoms with van der Waals surface area (Å²) in [6.45, 7) is 5.28. The third kappa shape index (κ3) is 4.07. The minimum absolute atomic E-state index is 0.151. The lowest BCUT2D eigenvalue weighted by molar-refractivity contribution is -0.119. The second-order valence-corrected chi connectivity index (χ2v) is 9.11. The van der Waals surface area contributed by atoms with Crippen molar-refractivity contribution in [2.75, 3.05) is 5.32 Å². The largest absolute Gasteiger partial charge is 0.465 e. The van der Waals surface area contributed by atoms with Crippen LogP contribution in [-0.2, 0) is 17.8 Å². The van der Waals surface area contributed by atoms with Crippen LogP contribution in [-0.4, -0.2) is 37.9 Å². The van der Waals surface area contributed by atoms with Crippen molar-refractivity contribution in [3.8, 4) is 11.1 Å². The maximum absolute atomic E-state index is 12.6. The molecule has 3 heterocycles. The topological polar surface area (TPSA) is 109 Å². The molecule has 29 heavy (non-hydrogen) atoms. The van der Waals surface area contributed by atoms with Crippen molar-refractivity contribution in [1.82, 2.24) is 20.1 Å². The van der Waals surface area contributed by atoms with Gasteiger partial charge in [-0.05, 0) is 37.2 Å². The molecular formula is C20H24ClN5O3. The summed E-state index contributed by atoms with van der Waals surface area (Å²) in [7, 11) is 0. The molecule has 4 rings (SSSR count). The van der Waals surface area contributed by atoms with E-state index < -0.39 is 6.09 Å². The highest BCUT2D eigenvalue weighted by Gasteiger charge is 2.33. The molecule has 0 radical (unpaired) electrons. The second kappa shape index (κ2) is 7.33. The van der Waals surface area contributed by atoms with Crippen LogP contribution in [0.1, 0.15) is 38.8 Å². The lowest BCUT2D eigenvalue weighted by atomic mass is 9.89. The Morgan fingerprint density at radius 1 is 1.28 bits per heavy atom. The number of carboxylic acid groups (broad SMARTS) is 1. The molecule has 0 saturated heterocycles. The van der Waals surface area contributed by atoms with Gasteiger partial charge in [0.2, 0.25) is 5.91 Å². The standard InChI is InChI=1S/C20H24ClN5O3/c1-20(2)7-16-14(8-23-26(16)10-20)13-6-17(22-9-15(13)21)25-18(27)11-3-4-12(5-11)24-19(28)29/h6,8-9,11-12,24H,3-5,7,10H2,1-2H3,(H,28,29)(H,22,25,27)/t11-,12+/m0/s1. The van der Waals surface area contributed by atoms with Crippen molar-refractivity contribution in [3.63, 3.8) is 0 Å². The Bertz CT molecular complexity index is 971. The van der Waals surface area contributed by atoms with Crippen LogP contribution in [0.4, 0.5) is 10.6 Å². The van der Waals surface area contributed by atoms with Crippen LogP contribution in [0.2, 0.25) is 5.02 Å². The molecule has 2 aliphatic rings. The van der Waals surface area contributed by atoms with Gasteiger partial charge in [-0.25, -0.2) is 9.78 Å². The summed E-state index contributed by atoms with van der Waals surface area (Å²) < 4.78 is 2.01. The minimum atomic E-state index is -1.06. The first-order valence-electron chi connectivity index (χ1n) is 9.73. The molecule has 154 valence electrons. The number of anilines is 1. The number of rotatable bonds is 4. The second-order valence-electron chi connectivity index (χ2n) is 8.70. The fraction of sp³-hybridized carbons (Fsp3) is 0.500. The molecule has 0 aromatic carbocycles. The van der Waals surface area contributed by atoms with Gasteiger partial charge in [0, 0.05) is 41.5 Å². The third-order valence-electron chi connectivity index (χ3n) is 5.70. The van der Waals surface area contributed by atoms with Gasteiger partial charge < -0.3 is 15.7 Å². The predicted octanol–water partition coefficient (Wildman–Crippen LogP) is 3.56. The number of carbonyl (C=O) groups excluding carboxylic acids is 1. The Kier molecular flexibility index (Phi) is 4.98. The van der Waals surface area contributed by atoms with Gasteiger partial charge in [0.25, 0.3) is 0 Å². The third-order valence-corrected chi connectivity index (χ3v) is 6.00.